The highest BCUT2D eigenvalue weighted by molar-refractivity contribution is 7.92. The highest BCUT2D eigenvalue weighted by atomic mass is 35.5. The van der Waals surface area contributed by atoms with E-state index in [2.05, 4.69) is 16.7 Å². The van der Waals surface area contributed by atoms with Gasteiger partial charge in [0.25, 0.3) is 15.9 Å². The monoisotopic (exact) mass is 421 g/mol. The molecule has 0 radical (unpaired) electrons. The molecule has 6 nitrogen and oxygen atoms in total. The number of anilines is 1. The molecule has 0 aromatic heterocycles. The Hall–Kier alpha value is -2.09. The molecule has 0 aliphatic carbocycles. The molecule has 0 spiro atoms. The van der Waals surface area contributed by atoms with Crippen LogP contribution in [0.1, 0.15) is 16.8 Å². The maximum absolute atomic E-state index is 12.8. The summed E-state index contributed by atoms with van der Waals surface area (Å²) in [6.45, 7) is 2.66. The number of carbonyl (C=O) groups excluding carboxylic acids is 1. The van der Waals surface area contributed by atoms with Crippen molar-refractivity contribution in [3.05, 3.63) is 59.1 Å². The Kier molecular flexibility index (Phi) is 6.27. The van der Waals surface area contributed by atoms with E-state index in [1.807, 2.05) is 0 Å². The smallest absolute Gasteiger partial charge is 0.261 e. The normalized spacial score (nSPS) is 17.5. The van der Waals surface area contributed by atoms with E-state index in [1.54, 1.807) is 42.3 Å². The van der Waals surface area contributed by atoms with E-state index >= 15 is 0 Å². The van der Waals surface area contributed by atoms with Crippen molar-refractivity contribution in [3.63, 3.8) is 0 Å². The van der Waals surface area contributed by atoms with Crippen LogP contribution in [0.2, 0.25) is 5.02 Å². The lowest BCUT2D eigenvalue weighted by Crippen LogP contribution is -2.33. The SMILES string of the molecule is CN1CCC(CN(C)C(=O)c2cccc(S(=O)(=O)Nc3cccc(Cl)c3)c2)C1. The first-order valence-corrected chi connectivity index (χ1v) is 10.9. The molecule has 0 bridgehead atoms. The van der Waals surface area contributed by atoms with Crippen molar-refractivity contribution in [2.45, 2.75) is 11.3 Å². The van der Waals surface area contributed by atoms with Gasteiger partial charge in [-0.05, 0) is 62.3 Å². The Balaban J connectivity index is 1.74. The van der Waals surface area contributed by atoms with Crippen LogP contribution < -0.4 is 4.72 Å². The van der Waals surface area contributed by atoms with Crippen molar-refractivity contribution in [2.24, 2.45) is 5.92 Å². The maximum Gasteiger partial charge on any atom is 0.261 e. The number of carbonyl (C=O) groups is 1. The highest BCUT2D eigenvalue weighted by Gasteiger charge is 2.24. The van der Waals surface area contributed by atoms with Gasteiger partial charge in [0, 0.05) is 30.7 Å². The van der Waals surface area contributed by atoms with Crippen molar-refractivity contribution in [1.82, 2.24) is 9.80 Å². The number of hydrogen-bond donors (Lipinski definition) is 1. The summed E-state index contributed by atoms with van der Waals surface area (Å²) in [5.41, 5.74) is 0.717. The number of amides is 1. The molecule has 1 heterocycles. The summed E-state index contributed by atoms with van der Waals surface area (Å²) in [6.07, 6.45) is 1.06. The lowest BCUT2D eigenvalue weighted by Gasteiger charge is -2.21. The largest absolute Gasteiger partial charge is 0.341 e. The van der Waals surface area contributed by atoms with Crippen LogP contribution in [0.15, 0.2) is 53.4 Å². The summed E-state index contributed by atoms with van der Waals surface area (Å²) >= 11 is 5.91. The maximum atomic E-state index is 12.8. The van der Waals surface area contributed by atoms with Gasteiger partial charge in [0.05, 0.1) is 10.6 Å². The standard InChI is InChI=1S/C20H24ClN3O3S/c1-23-10-9-15(13-23)14-24(2)20(25)16-5-3-8-19(11-16)28(26,27)22-18-7-4-6-17(21)12-18/h3-8,11-12,15,22H,9-10,13-14H2,1-2H3. The molecule has 1 aliphatic rings. The minimum atomic E-state index is -3.83. The van der Waals surface area contributed by atoms with Crippen molar-refractivity contribution in [1.29, 1.82) is 0 Å². The number of nitrogens with one attached hydrogen (secondary N) is 1. The molecule has 2 aromatic rings. The van der Waals surface area contributed by atoms with E-state index in [0.29, 0.717) is 28.7 Å². The van der Waals surface area contributed by atoms with Gasteiger partial charge < -0.3 is 9.80 Å². The molecule has 1 saturated heterocycles. The molecule has 1 N–H and O–H groups in total. The van der Waals surface area contributed by atoms with E-state index in [-0.39, 0.29) is 10.8 Å². The van der Waals surface area contributed by atoms with Gasteiger partial charge in [-0.2, -0.15) is 0 Å². The van der Waals surface area contributed by atoms with Crippen LogP contribution in [0.3, 0.4) is 0 Å². The third kappa shape index (κ3) is 5.04. The molecule has 1 atom stereocenters. The number of nitrogens with zero attached hydrogens (tertiary/aromatic N) is 2. The summed E-state index contributed by atoms with van der Waals surface area (Å²) in [5.74, 6) is 0.254. The average molecular weight is 422 g/mol. The Morgan fingerprint density at radius 1 is 1.25 bits per heavy atom. The number of likely N-dealkylation sites (tertiary alicyclic amines) is 1. The van der Waals surface area contributed by atoms with Gasteiger partial charge in [-0.1, -0.05) is 23.7 Å². The first kappa shape index (κ1) is 20.6. The van der Waals surface area contributed by atoms with Crippen molar-refractivity contribution in [2.75, 3.05) is 38.5 Å². The average Bonchev–Trinajstić information content (AvgIpc) is 3.05. The third-order valence-electron chi connectivity index (χ3n) is 4.84. The fourth-order valence-corrected chi connectivity index (χ4v) is 4.71. The molecule has 150 valence electrons. The number of sulfonamides is 1. The lowest BCUT2D eigenvalue weighted by molar-refractivity contribution is 0.0774. The predicted molar refractivity (Wildman–Crippen MR) is 111 cm³/mol. The first-order valence-electron chi connectivity index (χ1n) is 9.07. The van der Waals surface area contributed by atoms with Crippen LogP contribution in [-0.4, -0.2) is 57.9 Å². The Morgan fingerprint density at radius 2 is 2.00 bits per heavy atom. The number of rotatable bonds is 6. The molecular weight excluding hydrogens is 398 g/mol. The zero-order valence-corrected chi connectivity index (χ0v) is 17.5. The summed E-state index contributed by atoms with van der Waals surface area (Å²) in [6, 6.07) is 12.6. The zero-order chi connectivity index (χ0) is 20.3. The molecule has 28 heavy (non-hydrogen) atoms. The number of benzene rings is 2. The Morgan fingerprint density at radius 3 is 2.68 bits per heavy atom. The summed E-state index contributed by atoms with van der Waals surface area (Å²) in [7, 11) is 0.000965. The first-order chi connectivity index (χ1) is 13.2. The van der Waals surface area contributed by atoms with Crippen LogP contribution in [0, 0.1) is 5.92 Å². The fraction of sp³-hybridized carbons (Fsp3) is 0.350. The predicted octanol–water partition coefficient (Wildman–Crippen LogP) is 3.16. The Labute approximate surface area is 171 Å². The second-order valence-electron chi connectivity index (χ2n) is 7.25. The molecule has 1 aliphatic heterocycles. The Bertz CT molecular complexity index is 965. The lowest BCUT2D eigenvalue weighted by atomic mass is 10.1. The van der Waals surface area contributed by atoms with Gasteiger partial charge in [-0.15, -0.1) is 0 Å². The quantitative estimate of drug-likeness (QED) is 0.777. The third-order valence-corrected chi connectivity index (χ3v) is 6.45. The van der Waals surface area contributed by atoms with Crippen molar-refractivity contribution >= 4 is 33.2 Å². The molecular formula is C20H24ClN3O3S. The van der Waals surface area contributed by atoms with E-state index in [1.165, 1.54) is 18.2 Å². The van der Waals surface area contributed by atoms with E-state index in [9.17, 15) is 13.2 Å². The van der Waals surface area contributed by atoms with Gasteiger partial charge in [-0.25, -0.2) is 8.42 Å². The molecule has 3 rings (SSSR count). The number of halogens is 1. The zero-order valence-electron chi connectivity index (χ0n) is 15.9. The topological polar surface area (TPSA) is 69.7 Å². The van der Waals surface area contributed by atoms with E-state index < -0.39 is 10.0 Å². The minimum Gasteiger partial charge on any atom is -0.341 e. The second kappa shape index (κ2) is 8.51. The number of hydrogen-bond acceptors (Lipinski definition) is 4. The summed E-state index contributed by atoms with van der Waals surface area (Å²) < 4.78 is 27.9. The summed E-state index contributed by atoms with van der Waals surface area (Å²) in [4.78, 5) is 16.7. The van der Waals surface area contributed by atoms with Crippen LogP contribution in [0.4, 0.5) is 5.69 Å². The van der Waals surface area contributed by atoms with E-state index in [0.717, 1.165) is 19.5 Å². The van der Waals surface area contributed by atoms with Gasteiger partial charge in [0.15, 0.2) is 0 Å². The van der Waals surface area contributed by atoms with Crippen LogP contribution >= 0.6 is 11.6 Å². The minimum absolute atomic E-state index is 0.0346. The van der Waals surface area contributed by atoms with Gasteiger partial charge in [-0.3, -0.25) is 9.52 Å². The van der Waals surface area contributed by atoms with Crippen molar-refractivity contribution < 1.29 is 13.2 Å². The van der Waals surface area contributed by atoms with Gasteiger partial charge in [0.1, 0.15) is 0 Å². The van der Waals surface area contributed by atoms with E-state index in [4.69, 9.17) is 11.6 Å². The van der Waals surface area contributed by atoms with Gasteiger partial charge >= 0.3 is 0 Å². The second-order valence-corrected chi connectivity index (χ2v) is 9.37. The highest BCUT2D eigenvalue weighted by Crippen LogP contribution is 2.21. The summed E-state index contributed by atoms with van der Waals surface area (Å²) in [5, 5.41) is 0.434. The molecule has 1 unspecified atom stereocenters. The fourth-order valence-electron chi connectivity index (χ4n) is 3.43. The van der Waals surface area contributed by atoms with Crippen LogP contribution in [0.5, 0.6) is 0 Å². The van der Waals surface area contributed by atoms with Crippen LogP contribution in [-0.2, 0) is 10.0 Å². The molecule has 8 heteroatoms. The molecule has 2 aromatic carbocycles. The van der Waals surface area contributed by atoms with Gasteiger partial charge in [0.2, 0.25) is 0 Å². The molecule has 1 amide bonds. The molecule has 1 fully saturated rings. The molecule has 0 saturated carbocycles. The van der Waals surface area contributed by atoms with Crippen LogP contribution in [0.25, 0.3) is 0 Å². The van der Waals surface area contributed by atoms with Crippen molar-refractivity contribution in [3.8, 4) is 0 Å².